The number of nitrogens with one attached hydrogen (secondary N) is 2. The second-order valence-electron chi connectivity index (χ2n) is 4.41. The first-order valence-corrected chi connectivity index (χ1v) is 6.13. The fourth-order valence-electron chi connectivity index (χ4n) is 1.85. The molecule has 1 amide bonds. The molecular weight excluding hydrogens is 303 g/mol. The molecule has 0 atom stereocenters. The van der Waals surface area contributed by atoms with Gasteiger partial charge in [-0.3, -0.25) is 19.9 Å². The molecule has 1 heterocycles. The van der Waals surface area contributed by atoms with Crippen LogP contribution in [0.4, 0.5) is 23.7 Å². The predicted octanol–water partition coefficient (Wildman–Crippen LogP) is 2.48. The van der Waals surface area contributed by atoms with Crippen LogP contribution in [-0.4, -0.2) is 15.9 Å². The van der Waals surface area contributed by atoms with E-state index in [1.807, 2.05) is 10.4 Å². The van der Waals surface area contributed by atoms with Crippen LogP contribution in [0.25, 0.3) is 0 Å². The van der Waals surface area contributed by atoms with Crippen LogP contribution in [0.1, 0.15) is 11.3 Å². The molecule has 1 aromatic heterocycles. The van der Waals surface area contributed by atoms with Gasteiger partial charge in [0.2, 0.25) is 0 Å². The van der Waals surface area contributed by atoms with E-state index < -0.39 is 29.2 Å². The molecule has 2 rings (SSSR count). The first kappa shape index (κ1) is 15.7. The number of hydrogen-bond donors (Lipinski definition) is 2. The number of H-pyrrole nitrogens is 1. The van der Waals surface area contributed by atoms with Crippen LogP contribution < -0.4 is 10.9 Å². The van der Waals surface area contributed by atoms with E-state index in [4.69, 9.17) is 4.74 Å². The van der Waals surface area contributed by atoms with Gasteiger partial charge in [0, 0.05) is 7.05 Å². The van der Waals surface area contributed by atoms with E-state index in [2.05, 4.69) is 0 Å². The van der Waals surface area contributed by atoms with Crippen molar-refractivity contribution < 1.29 is 22.7 Å². The zero-order chi connectivity index (χ0) is 16.3. The van der Waals surface area contributed by atoms with E-state index in [0.717, 1.165) is 7.05 Å². The van der Waals surface area contributed by atoms with Gasteiger partial charge in [-0.2, -0.15) is 13.2 Å². The van der Waals surface area contributed by atoms with Crippen molar-refractivity contribution in [2.24, 2.45) is 7.05 Å². The number of carbonyl (C=O) groups excluding carboxylic acids is 1. The smallest absolute Gasteiger partial charge is 0.435 e. The summed E-state index contributed by atoms with van der Waals surface area (Å²) in [6.45, 7) is -0.126. The van der Waals surface area contributed by atoms with Crippen LogP contribution in [0.3, 0.4) is 0 Å². The summed E-state index contributed by atoms with van der Waals surface area (Å²) in [6, 6.07) is 8.58. The molecule has 0 bridgehead atoms. The predicted molar refractivity (Wildman–Crippen MR) is 71.3 cm³/mol. The van der Waals surface area contributed by atoms with Gasteiger partial charge in [0.05, 0.1) is 0 Å². The number of nitrogens with zero attached hydrogens (tertiary/aromatic N) is 1. The summed E-state index contributed by atoms with van der Waals surface area (Å²) in [5.74, 6) is 0. The second kappa shape index (κ2) is 5.96. The monoisotopic (exact) mass is 315 g/mol. The number of ether oxygens (including phenoxy) is 1. The Morgan fingerprint density at radius 3 is 2.55 bits per heavy atom. The number of alkyl halides is 3. The van der Waals surface area contributed by atoms with Crippen molar-refractivity contribution in [2.45, 2.75) is 12.8 Å². The first-order valence-electron chi connectivity index (χ1n) is 6.13. The largest absolute Gasteiger partial charge is 0.444 e. The lowest BCUT2D eigenvalue weighted by molar-refractivity contribution is -0.143. The number of aromatic amines is 1. The standard InChI is InChI=1S/C13H12F3N3O3/c1-19-10(13(14,15)16)9(11(20)18-19)17-12(21)22-7-8-5-3-2-4-6-8/h2-6H,7H2,1H3,(H,17,21)(H,18,20). The van der Waals surface area contributed by atoms with Crippen molar-refractivity contribution in [1.29, 1.82) is 0 Å². The second-order valence-corrected chi connectivity index (χ2v) is 4.41. The van der Waals surface area contributed by atoms with Gasteiger partial charge in [-0.05, 0) is 5.56 Å². The Hall–Kier alpha value is -2.71. The number of hydrogen-bond acceptors (Lipinski definition) is 3. The third kappa shape index (κ3) is 3.48. The molecule has 0 aliphatic heterocycles. The van der Waals surface area contributed by atoms with E-state index in [0.29, 0.717) is 10.2 Å². The molecule has 118 valence electrons. The zero-order valence-electron chi connectivity index (χ0n) is 11.4. The van der Waals surface area contributed by atoms with Crippen LogP contribution in [0, 0.1) is 0 Å². The highest BCUT2D eigenvalue weighted by Gasteiger charge is 2.39. The Bertz CT molecular complexity index is 720. The number of aromatic nitrogens is 2. The van der Waals surface area contributed by atoms with Gasteiger partial charge in [-0.15, -0.1) is 0 Å². The molecule has 9 heteroatoms. The quantitative estimate of drug-likeness (QED) is 0.913. The van der Waals surface area contributed by atoms with Crippen molar-refractivity contribution in [3.8, 4) is 0 Å². The number of halogens is 3. The number of anilines is 1. The van der Waals surface area contributed by atoms with E-state index in [1.54, 1.807) is 30.3 Å². The highest BCUT2D eigenvalue weighted by atomic mass is 19.4. The molecular formula is C13H12F3N3O3. The number of benzene rings is 1. The molecule has 0 saturated carbocycles. The molecule has 2 N–H and O–H groups in total. The Morgan fingerprint density at radius 2 is 1.95 bits per heavy atom. The number of amides is 1. The highest BCUT2D eigenvalue weighted by molar-refractivity contribution is 5.85. The average molecular weight is 315 g/mol. The summed E-state index contributed by atoms with van der Waals surface area (Å²) >= 11 is 0. The third-order valence-corrected chi connectivity index (χ3v) is 2.78. The van der Waals surface area contributed by atoms with Crippen LogP contribution in [0.2, 0.25) is 0 Å². The fourth-order valence-corrected chi connectivity index (χ4v) is 1.85. The molecule has 2 aromatic rings. The van der Waals surface area contributed by atoms with E-state index in [1.165, 1.54) is 0 Å². The Kier molecular flexibility index (Phi) is 4.25. The lowest BCUT2D eigenvalue weighted by atomic mass is 10.2. The van der Waals surface area contributed by atoms with Crippen molar-refractivity contribution >= 4 is 11.8 Å². The SMILES string of the molecule is Cn1[nH]c(=O)c(NC(=O)OCc2ccccc2)c1C(F)(F)F. The molecule has 0 aliphatic rings. The number of carbonyl (C=O) groups is 1. The summed E-state index contributed by atoms with van der Waals surface area (Å²) in [5, 5.41) is 3.76. The minimum Gasteiger partial charge on any atom is -0.444 e. The van der Waals surface area contributed by atoms with E-state index in [9.17, 15) is 22.8 Å². The molecule has 0 fully saturated rings. The zero-order valence-corrected chi connectivity index (χ0v) is 11.4. The minimum atomic E-state index is -4.80. The first-order chi connectivity index (χ1) is 10.3. The maximum absolute atomic E-state index is 12.9. The summed E-state index contributed by atoms with van der Waals surface area (Å²) in [4.78, 5) is 23.0. The molecule has 1 aromatic carbocycles. The van der Waals surface area contributed by atoms with Gasteiger partial charge in [-0.1, -0.05) is 30.3 Å². The van der Waals surface area contributed by atoms with Crippen molar-refractivity contribution in [1.82, 2.24) is 9.78 Å². The van der Waals surface area contributed by atoms with Crippen molar-refractivity contribution in [3.05, 3.63) is 51.9 Å². The molecule has 0 saturated heterocycles. The Morgan fingerprint density at radius 1 is 1.32 bits per heavy atom. The maximum atomic E-state index is 12.9. The van der Waals surface area contributed by atoms with Gasteiger partial charge < -0.3 is 4.74 Å². The van der Waals surface area contributed by atoms with Crippen molar-refractivity contribution in [3.63, 3.8) is 0 Å². The summed E-state index contributed by atoms with van der Waals surface area (Å²) in [5.41, 5.74) is -2.58. The summed E-state index contributed by atoms with van der Waals surface area (Å²) in [6.07, 6.45) is -5.94. The molecule has 22 heavy (non-hydrogen) atoms. The Balaban J connectivity index is 2.11. The molecule has 0 aliphatic carbocycles. The summed E-state index contributed by atoms with van der Waals surface area (Å²) < 4.78 is 43.8. The topological polar surface area (TPSA) is 76.1 Å². The van der Waals surface area contributed by atoms with Crippen LogP contribution in [0.5, 0.6) is 0 Å². The maximum Gasteiger partial charge on any atom is 0.435 e. The van der Waals surface area contributed by atoms with Gasteiger partial charge in [0.15, 0.2) is 5.69 Å². The van der Waals surface area contributed by atoms with Gasteiger partial charge in [0.1, 0.15) is 12.3 Å². The van der Waals surface area contributed by atoms with Gasteiger partial charge in [-0.25, -0.2) is 4.79 Å². The van der Waals surface area contributed by atoms with Crippen LogP contribution in [0.15, 0.2) is 35.1 Å². The Labute approximate surface area is 122 Å². The van der Waals surface area contributed by atoms with E-state index in [-0.39, 0.29) is 6.61 Å². The normalized spacial score (nSPS) is 11.3. The van der Waals surface area contributed by atoms with Crippen molar-refractivity contribution in [2.75, 3.05) is 5.32 Å². The van der Waals surface area contributed by atoms with Gasteiger partial charge >= 0.3 is 12.3 Å². The molecule has 6 nitrogen and oxygen atoms in total. The highest BCUT2D eigenvalue weighted by Crippen LogP contribution is 2.32. The third-order valence-electron chi connectivity index (χ3n) is 2.78. The van der Waals surface area contributed by atoms with Crippen LogP contribution >= 0.6 is 0 Å². The average Bonchev–Trinajstić information content (AvgIpc) is 2.72. The molecule has 0 unspecified atom stereocenters. The van der Waals surface area contributed by atoms with E-state index >= 15 is 0 Å². The number of rotatable bonds is 3. The molecule has 0 radical (unpaired) electrons. The molecule has 0 spiro atoms. The minimum absolute atomic E-state index is 0.126. The lowest BCUT2D eigenvalue weighted by Crippen LogP contribution is -2.21. The van der Waals surface area contributed by atoms with Gasteiger partial charge in [0.25, 0.3) is 5.56 Å². The fraction of sp³-hybridized carbons (Fsp3) is 0.231. The lowest BCUT2D eigenvalue weighted by Gasteiger charge is -2.10. The van der Waals surface area contributed by atoms with Crippen LogP contribution in [-0.2, 0) is 24.6 Å². The summed E-state index contributed by atoms with van der Waals surface area (Å²) in [7, 11) is 1.02. The number of aryl methyl sites for hydroxylation is 1.